The Morgan fingerprint density at radius 3 is 2.88 bits per heavy atom. The van der Waals surface area contributed by atoms with Crippen molar-refractivity contribution in [2.24, 2.45) is 23.2 Å². The molecule has 0 amide bonds. The molecule has 7 atom stereocenters. The van der Waals surface area contributed by atoms with Gasteiger partial charge in [0.1, 0.15) is 23.4 Å². The Kier molecular flexibility index (Phi) is 3.00. The summed E-state index contributed by atoms with van der Waals surface area (Å²) >= 11 is 0. The molecule has 4 nitrogen and oxygen atoms in total. The van der Waals surface area contributed by atoms with Crippen LogP contribution in [0.25, 0.3) is 0 Å². The number of aromatic hydroxyl groups is 1. The van der Waals surface area contributed by atoms with Gasteiger partial charge in [0.15, 0.2) is 0 Å². The summed E-state index contributed by atoms with van der Waals surface area (Å²) in [5, 5.41) is 20.5. The molecule has 1 heterocycles. The molecule has 2 N–H and O–H groups in total. The summed E-state index contributed by atoms with van der Waals surface area (Å²) in [6.07, 6.45) is 4.17. The highest BCUT2D eigenvalue weighted by molar-refractivity contribution is 5.79. The molecule has 1 aromatic carbocycles. The van der Waals surface area contributed by atoms with Crippen LogP contribution in [0.5, 0.6) is 11.5 Å². The minimum atomic E-state index is -0.363. The second-order valence-corrected chi connectivity index (χ2v) is 9.01. The highest BCUT2D eigenvalue weighted by Gasteiger charge is 2.76. The van der Waals surface area contributed by atoms with Crippen molar-refractivity contribution >= 4 is 5.78 Å². The van der Waals surface area contributed by atoms with Gasteiger partial charge >= 0.3 is 0 Å². The van der Waals surface area contributed by atoms with Crippen LogP contribution in [0.4, 0.5) is 0 Å². The number of fused-ring (bicyclic) bond motifs is 3. The zero-order valence-electron chi connectivity index (χ0n) is 14.9. The fourth-order valence-electron chi connectivity index (χ4n) is 7.58. The first-order valence-electron chi connectivity index (χ1n) is 9.56. The first-order valence-corrected chi connectivity index (χ1v) is 9.56. The van der Waals surface area contributed by atoms with Gasteiger partial charge < -0.3 is 14.9 Å². The fraction of sp³-hybridized carbons (Fsp3) is 0.667. The molecule has 1 spiro atoms. The molecule has 5 rings (SSSR count). The molecule has 134 valence electrons. The minimum Gasteiger partial charge on any atom is -0.508 e. The number of phenols is 1. The number of aliphatic hydroxyl groups excluding tert-OH is 1. The normalized spacial score (nSPS) is 46.8. The maximum Gasteiger partial charge on any atom is 0.133 e. The van der Waals surface area contributed by atoms with Gasteiger partial charge in [0.25, 0.3) is 0 Å². The number of rotatable bonds is 1. The lowest BCUT2D eigenvalue weighted by molar-refractivity contribution is -0.267. The molecule has 0 saturated heterocycles. The third-order valence-electron chi connectivity index (χ3n) is 7.93. The molecule has 4 heteroatoms. The van der Waals surface area contributed by atoms with Crippen molar-refractivity contribution in [2.45, 2.75) is 63.6 Å². The number of Topliss-reactive ketones (excluding diaryl/α,β-unsaturated/α-hetero) is 1. The maximum atomic E-state index is 12.5. The second-order valence-electron chi connectivity index (χ2n) is 9.01. The van der Waals surface area contributed by atoms with Crippen LogP contribution in [0.3, 0.4) is 0 Å². The number of phenolic OH excluding ortho intramolecular Hbond substituents is 1. The van der Waals surface area contributed by atoms with E-state index < -0.39 is 0 Å². The van der Waals surface area contributed by atoms with E-state index in [1.54, 1.807) is 19.1 Å². The molecule has 0 aromatic heterocycles. The van der Waals surface area contributed by atoms with E-state index in [2.05, 4.69) is 6.92 Å². The summed E-state index contributed by atoms with van der Waals surface area (Å²) in [5.41, 5.74) is 1.06. The molecule has 3 aliphatic carbocycles. The van der Waals surface area contributed by atoms with Gasteiger partial charge in [-0.05, 0) is 43.6 Å². The van der Waals surface area contributed by atoms with Crippen molar-refractivity contribution in [1.29, 1.82) is 0 Å². The maximum absolute atomic E-state index is 12.5. The second kappa shape index (κ2) is 4.79. The van der Waals surface area contributed by atoms with E-state index in [9.17, 15) is 15.0 Å². The predicted molar refractivity (Wildman–Crippen MR) is 92.6 cm³/mol. The molecular formula is C21H26O4. The molecular weight excluding hydrogens is 316 g/mol. The summed E-state index contributed by atoms with van der Waals surface area (Å²) in [5.74, 6) is 1.91. The molecule has 3 saturated carbocycles. The highest BCUT2D eigenvalue weighted by Crippen LogP contribution is 2.77. The third kappa shape index (κ3) is 1.74. The van der Waals surface area contributed by atoms with Crippen LogP contribution in [-0.4, -0.2) is 28.2 Å². The van der Waals surface area contributed by atoms with Crippen molar-refractivity contribution in [1.82, 2.24) is 0 Å². The molecule has 3 fully saturated rings. The van der Waals surface area contributed by atoms with Gasteiger partial charge in [0.05, 0.1) is 6.10 Å². The number of aliphatic hydroxyl groups is 1. The molecule has 0 bridgehead atoms. The quantitative estimate of drug-likeness (QED) is 0.822. The minimum absolute atomic E-state index is 0.0231. The monoisotopic (exact) mass is 342 g/mol. The van der Waals surface area contributed by atoms with Gasteiger partial charge in [0, 0.05) is 35.3 Å². The van der Waals surface area contributed by atoms with Gasteiger partial charge in [-0.1, -0.05) is 19.4 Å². The third-order valence-corrected chi connectivity index (χ3v) is 7.93. The van der Waals surface area contributed by atoms with Crippen molar-refractivity contribution in [3.8, 4) is 11.5 Å². The van der Waals surface area contributed by atoms with Gasteiger partial charge in [-0.3, -0.25) is 4.79 Å². The average Bonchev–Trinajstić information content (AvgIpc) is 2.52. The topological polar surface area (TPSA) is 66.8 Å². The summed E-state index contributed by atoms with van der Waals surface area (Å²) in [7, 11) is 0. The summed E-state index contributed by atoms with van der Waals surface area (Å²) in [6, 6.07) is 5.42. The lowest BCUT2D eigenvalue weighted by atomic mass is 9.28. The van der Waals surface area contributed by atoms with Gasteiger partial charge in [-0.15, -0.1) is 0 Å². The molecule has 1 aliphatic heterocycles. The molecule has 7 unspecified atom stereocenters. The summed E-state index contributed by atoms with van der Waals surface area (Å²) in [6.45, 7) is 4.03. The Bertz CT molecular complexity index is 758. The van der Waals surface area contributed by atoms with E-state index in [1.165, 1.54) is 0 Å². The van der Waals surface area contributed by atoms with Gasteiger partial charge in [-0.2, -0.15) is 0 Å². The number of hydrogen-bond acceptors (Lipinski definition) is 4. The van der Waals surface area contributed by atoms with Crippen LogP contribution in [0.1, 0.15) is 51.5 Å². The van der Waals surface area contributed by atoms with Crippen LogP contribution in [0.15, 0.2) is 18.2 Å². The number of hydrogen-bond donors (Lipinski definition) is 2. The number of benzene rings is 1. The van der Waals surface area contributed by atoms with Crippen LogP contribution in [0, 0.1) is 23.2 Å². The first-order chi connectivity index (χ1) is 11.9. The highest BCUT2D eigenvalue weighted by atomic mass is 16.5. The smallest absolute Gasteiger partial charge is 0.133 e. The summed E-state index contributed by atoms with van der Waals surface area (Å²) in [4.78, 5) is 12.5. The van der Waals surface area contributed by atoms with Crippen LogP contribution in [-0.2, 0) is 10.2 Å². The van der Waals surface area contributed by atoms with E-state index in [0.717, 1.165) is 37.0 Å². The molecule has 4 aliphatic rings. The Balaban J connectivity index is 1.72. The molecule has 25 heavy (non-hydrogen) atoms. The molecule has 0 radical (unpaired) electrons. The van der Waals surface area contributed by atoms with Crippen molar-refractivity contribution in [2.75, 3.05) is 0 Å². The summed E-state index contributed by atoms with van der Waals surface area (Å²) < 4.78 is 6.29. The Morgan fingerprint density at radius 1 is 1.32 bits per heavy atom. The lowest BCUT2D eigenvalue weighted by Crippen LogP contribution is -2.77. The van der Waals surface area contributed by atoms with Crippen molar-refractivity contribution < 1.29 is 19.7 Å². The Labute approximate surface area is 148 Å². The Morgan fingerprint density at radius 2 is 2.12 bits per heavy atom. The standard InChI is InChI=1S/C21H26O4/c1-11(22)14-4-3-7-21-10-13(24)9-17-19(21)20(2,18(14)21)15-6-5-12(23)8-16(15)25-17/h5-6,8,13-14,17-19,23-24H,3-4,7,9-10H2,1-2H3. The zero-order valence-corrected chi connectivity index (χ0v) is 14.9. The van der Waals surface area contributed by atoms with E-state index in [0.29, 0.717) is 12.3 Å². The van der Waals surface area contributed by atoms with Crippen LogP contribution < -0.4 is 4.74 Å². The number of ketones is 1. The largest absolute Gasteiger partial charge is 0.508 e. The number of carbonyl (C=O) groups excluding carboxylic acids is 1. The van der Waals surface area contributed by atoms with E-state index in [-0.39, 0.29) is 46.4 Å². The van der Waals surface area contributed by atoms with Crippen molar-refractivity contribution in [3.63, 3.8) is 0 Å². The Hall–Kier alpha value is -1.55. The van der Waals surface area contributed by atoms with Crippen molar-refractivity contribution in [3.05, 3.63) is 23.8 Å². The predicted octanol–water partition coefficient (Wildman–Crippen LogP) is 3.19. The fourth-order valence-corrected chi connectivity index (χ4v) is 7.58. The van der Waals surface area contributed by atoms with Crippen LogP contribution >= 0.6 is 0 Å². The number of ether oxygens (including phenoxy) is 1. The van der Waals surface area contributed by atoms with E-state index in [4.69, 9.17) is 4.74 Å². The van der Waals surface area contributed by atoms with Gasteiger partial charge in [0.2, 0.25) is 0 Å². The van der Waals surface area contributed by atoms with Crippen LogP contribution in [0.2, 0.25) is 0 Å². The number of carbonyl (C=O) groups is 1. The van der Waals surface area contributed by atoms with Gasteiger partial charge in [-0.25, -0.2) is 0 Å². The SMILES string of the molecule is CC(=O)C1CCCC23CC(O)CC4Oc5cc(O)ccc5C(C)(C42)C13. The molecule has 1 aromatic rings. The zero-order chi connectivity index (χ0) is 17.6. The average molecular weight is 342 g/mol. The first kappa shape index (κ1) is 15.7. The van der Waals surface area contributed by atoms with E-state index >= 15 is 0 Å². The lowest BCUT2D eigenvalue weighted by Gasteiger charge is -2.76. The van der Waals surface area contributed by atoms with E-state index in [1.807, 2.05) is 6.07 Å².